The molecule has 106 valence electrons. The van der Waals surface area contributed by atoms with Gasteiger partial charge in [-0.3, -0.25) is 9.69 Å². The summed E-state index contributed by atoms with van der Waals surface area (Å²) in [5.41, 5.74) is 7.64. The monoisotopic (exact) mass is 284 g/mol. The summed E-state index contributed by atoms with van der Waals surface area (Å²) in [6, 6.07) is 5.87. The number of hydrogen-bond acceptors (Lipinski definition) is 4. The zero-order valence-corrected chi connectivity index (χ0v) is 12.2. The zero-order valence-electron chi connectivity index (χ0n) is 11.5. The van der Waals surface area contributed by atoms with Crippen LogP contribution in [0.3, 0.4) is 0 Å². The number of carbonyl (C=O) groups excluding carboxylic acids is 1. The molecule has 0 aliphatic rings. The molecule has 1 aromatic carbocycles. The molecule has 0 saturated heterocycles. The normalized spacial score (nSPS) is 10.8. The van der Waals surface area contributed by atoms with Gasteiger partial charge in [-0.1, -0.05) is 30.7 Å². The van der Waals surface area contributed by atoms with Crippen LogP contribution in [0.5, 0.6) is 0 Å². The number of benzene rings is 1. The van der Waals surface area contributed by atoms with Gasteiger partial charge in [-0.2, -0.15) is 0 Å². The van der Waals surface area contributed by atoms with Crippen molar-refractivity contribution in [2.45, 2.75) is 26.4 Å². The highest BCUT2D eigenvalue weighted by Crippen LogP contribution is 2.19. The maximum absolute atomic E-state index is 11.1. The van der Waals surface area contributed by atoms with Crippen LogP contribution in [0, 0.1) is 0 Å². The lowest BCUT2D eigenvalue weighted by atomic mass is 10.1. The van der Waals surface area contributed by atoms with Gasteiger partial charge in [-0.25, -0.2) is 0 Å². The fourth-order valence-electron chi connectivity index (χ4n) is 1.79. The highest BCUT2D eigenvalue weighted by molar-refractivity contribution is 6.31. The molecule has 4 nitrogen and oxygen atoms in total. The molecular formula is C14H21ClN2O2. The molecule has 0 heterocycles. The van der Waals surface area contributed by atoms with Crippen molar-refractivity contribution < 1.29 is 9.53 Å². The van der Waals surface area contributed by atoms with Gasteiger partial charge in [-0.15, -0.1) is 0 Å². The molecule has 0 saturated carbocycles. The summed E-state index contributed by atoms with van der Waals surface area (Å²) in [4.78, 5) is 13.3. The molecule has 0 radical (unpaired) electrons. The molecule has 0 aromatic heterocycles. The maximum atomic E-state index is 11.1. The summed E-state index contributed by atoms with van der Waals surface area (Å²) in [6.45, 7) is 4.78. The van der Waals surface area contributed by atoms with E-state index in [2.05, 4.69) is 16.6 Å². The molecule has 1 rings (SSSR count). The van der Waals surface area contributed by atoms with E-state index in [4.69, 9.17) is 17.3 Å². The number of nitrogens with two attached hydrogens (primary N) is 1. The van der Waals surface area contributed by atoms with Gasteiger partial charge < -0.3 is 10.5 Å². The first-order valence-corrected chi connectivity index (χ1v) is 6.75. The zero-order chi connectivity index (χ0) is 14.3. The largest absolute Gasteiger partial charge is 0.469 e. The van der Waals surface area contributed by atoms with E-state index in [1.807, 2.05) is 18.2 Å². The summed E-state index contributed by atoms with van der Waals surface area (Å²) in [5.74, 6) is -0.192. The van der Waals surface area contributed by atoms with Crippen molar-refractivity contribution in [3.05, 3.63) is 34.3 Å². The number of ether oxygens (including phenoxy) is 1. The lowest BCUT2D eigenvalue weighted by molar-refractivity contribution is -0.141. The molecule has 0 unspecified atom stereocenters. The first-order chi connectivity index (χ1) is 9.10. The Balaban J connectivity index is 2.62. The molecule has 0 aliphatic carbocycles. The molecule has 0 amide bonds. The van der Waals surface area contributed by atoms with E-state index in [1.54, 1.807) is 0 Å². The lowest BCUT2D eigenvalue weighted by Gasteiger charge is -2.20. The summed E-state index contributed by atoms with van der Waals surface area (Å²) in [7, 11) is 1.40. The number of rotatable bonds is 7. The second-order valence-electron chi connectivity index (χ2n) is 4.32. The first kappa shape index (κ1) is 16.0. The number of esters is 1. The molecular weight excluding hydrogens is 264 g/mol. The Labute approximate surface area is 119 Å². The number of nitrogens with zero attached hydrogens (tertiary/aromatic N) is 1. The van der Waals surface area contributed by atoms with Crippen molar-refractivity contribution in [1.29, 1.82) is 0 Å². The van der Waals surface area contributed by atoms with Crippen LogP contribution in [0.25, 0.3) is 0 Å². The van der Waals surface area contributed by atoms with E-state index in [1.165, 1.54) is 7.11 Å². The molecule has 0 aliphatic heterocycles. The Morgan fingerprint density at radius 3 is 2.74 bits per heavy atom. The van der Waals surface area contributed by atoms with Crippen molar-refractivity contribution in [1.82, 2.24) is 4.90 Å². The molecule has 0 fully saturated rings. The summed E-state index contributed by atoms with van der Waals surface area (Å²) in [5, 5.41) is 0.722. The minimum atomic E-state index is -0.192. The second-order valence-corrected chi connectivity index (χ2v) is 4.73. The van der Waals surface area contributed by atoms with Crippen molar-refractivity contribution in [2.75, 3.05) is 20.2 Å². The van der Waals surface area contributed by atoms with Gasteiger partial charge in [0.1, 0.15) is 0 Å². The first-order valence-electron chi connectivity index (χ1n) is 6.37. The average Bonchev–Trinajstić information content (AvgIpc) is 2.44. The van der Waals surface area contributed by atoms with Gasteiger partial charge in [0, 0.05) is 24.7 Å². The standard InChI is InChI=1S/C14H21ClN2O2/c1-3-17(7-6-14(18)19-2)10-12-5-4-11(9-16)8-13(12)15/h4-5,8H,3,6-7,9-10,16H2,1-2H3. The molecule has 0 atom stereocenters. The predicted octanol–water partition coefficient (Wildman–Crippen LogP) is 2.18. The van der Waals surface area contributed by atoms with Gasteiger partial charge in [0.05, 0.1) is 13.5 Å². The summed E-state index contributed by atoms with van der Waals surface area (Å²) < 4.78 is 4.64. The van der Waals surface area contributed by atoms with Crippen LogP contribution >= 0.6 is 11.6 Å². The van der Waals surface area contributed by atoms with E-state index < -0.39 is 0 Å². The number of carbonyl (C=O) groups is 1. The molecule has 0 spiro atoms. The van der Waals surface area contributed by atoms with E-state index in [0.29, 0.717) is 19.5 Å². The second kappa shape index (κ2) is 8.15. The highest BCUT2D eigenvalue weighted by Gasteiger charge is 2.09. The molecule has 2 N–H and O–H groups in total. The van der Waals surface area contributed by atoms with E-state index in [0.717, 1.165) is 29.2 Å². The van der Waals surface area contributed by atoms with Crippen molar-refractivity contribution in [3.63, 3.8) is 0 Å². The maximum Gasteiger partial charge on any atom is 0.306 e. The molecule has 5 heteroatoms. The SMILES string of the molecule is CCN(CCC(=O)OC)Cc1ccc(CN)cc1Cl. The van der Waals surface area contributed by atoms with Crippen molar-refractivity contribution in [2.24, 2.45) is 5.73 Å². The summed E-state index contributed by atoms with van der Waals surface area (Å²) in [6.07, 6.45) is 0.392. The quantitative estimate of drug-likeness (QED) is 0.780. The Kier molecular flexibility index (Phi) is 6.84. The van der Waals surface area contributed by atoms with Gasteiger partial charge in [0.15, 0.2) is 0 Å². The third-order valence-electron chi connectivity index (χ3n) is 3.05. The van der Waals surface area contributed by atoms with Gasteiger partial charge in [-0.05, 0) is 23.7 Å². The Morgan fingerprint density at radius 1 is 1.47 bits per heavy atom. The molecule has 0 bridgehead atoms. The average molecular weight is 285 g/mol. The van der Waals surface area contributed by atoms with Crippen LogP contribution in [-0.4, -0.2) is 31.1 Å². The lowest BCUT2D eigenvalue weighted by Crippen LogP contribution is -2.26. The van der Waals surface area contributed by atoms with Gasteiger partial charge in [0.25, 0.3) is 0 Å². The smallest absolute Gasteiger partial charge is 0.306 e. The van der Waals surface area contributed by atoms with E-state index in [9.17, 15) is 4.79 Å². The number of halogens is 1. The minimum absolute atomic E-state index is 0.192. The Bertz CT molecular complexity index is 424. The van der Waals surface area contributed by atoms with Gasteiger partial charge >= 0.3 is 5.97 Å². The van der Waals surface area contributed by atoms with Gasteiger partial charge in [0.2, 0.25) is 0 Å². The number of methoxy groups -OCH3 is 1. The van der Waals surface area contributed by atoms with Crippen molar-refractivity contribution >= 4 is 17.6 Å². The van der Waals surface area contributed by atoms with E-state index in [-0.39, 0.29) is 5.97 Å². The topological polar surface area (TPSA) is 55.6 Å². The van der Waals surface area contributed by atoms with Crippen LogP contribution < -0.4 is 5.73 Å². The Morgan fingerprint density at radius 2 is 2.21 bits per heavy atom. The highest BCUT2D eigenvalue weighted by atomic mass is 35.5. The van der Waals surface area contributed by atoms with Crippen LogP contribution in [-0.2, 0) is 22.6 Å². The third kappa shape index (κ3) is 5.19. The summed E-state index contributed by atoms with van der Waals surface area (Å²) >= 11 is 6.23. The molecule has 1 aromatic rings. The fourth-order valence-corrected chi connectivity index (χ4v) is 2.05. The van der Waals surface area contributed by atoms with E-state index >= 15 is 0 Å². The predicted molar refractivity (Wildman–Crippen MR) is 76.9 cm³/mol. The van der Waals surface area contributed by atoms with Crippen LogP contribution in [0.1, 0.15) is 24.5 Å². The van der Waals surface area contributed by atoms with Crippen LogP contribution in [0.4, 0.5) is 0 Å². The minimum Gasteiger partial charge on any atom is -0.469 e. The van der Waals surface area contributed by atoms with Crippen LogP contribution in [0.15, 0.2) is 18.2 Å². The van der Waals surface area contributed by atoms with Crippen LogP contribution in [0.2, 0.25) is 5.02 Å². The fraction of sp³-hybridized carbons (Fsp3) is 0.500. The van der Waals surface area contributed by atoms with Crippen molar-refractivity contribution in [3.8, 4) is 0 Å². The Hall–Kier alpha value is -1.10. The third-order valence-corrected chi connectivity index (χ3v) is 3.41. The number of hydrogen-bond donors (Lipinski definition) is 1. The molecule has 19 heavy (non-hydrogen) atoms.